The highest BCUT2D eigenvalue weighted by atomic mass is 15.2. The number of hydrogen-bond donors (Lipinski definition) is 2. The summed E-state index contributed by atoms with van der Waals surface area (Å²) in [5.74, 6) is 0.969. The van der Waals surface area contributed by atoms with Gasteiger partial charge in [-0.05, 0) is 46.1 Å². The second-order valence-electron chi connectivity index (χ2n) is 5.42. The van der Waals surface area contributed by atoms with Crippen LogP contribution in [-0.2, 0) is 0 Å². The lowest BCUT2D eigenvalue weighted by molar-refractivity contribution is 0.159. The molecule has 1 rings (SSSR count). The summed E-state index contributed by atoms with van der Waals surface area (Å²) in [5, 5.41) is 6.71. The molecule has 0 radical (unpaired) electrons. The third-order valence-corrected chi connectivity index (χ3v) is 3.69. The summed E-state index contributed by atoms with van der Waals surface area (Å²) < 4.78 is 0. The van der Waals surface area contributed by atoms with E-state index in [2.05, 4.69) is 41.3 Å². The maximum Gasteiger partial charge on any atom is 0.191 e. The summed E-state index contributed by atoms with van der Waals surface area (Å²) >= 11 is 0. The molecule has 112 valence electrons. The highest BCUT2D eigenvalue weighted by Gasteiger charge is 2.16. The van der Waals surface area contributed by atoms with E-state index in [0.717, 1.165) is 38.1 Å². The van der Waals surface area contributed by atoms with E-state index < -0.39 is 0 Å². The zero-order chi connectivity index (χ0) is 13.9. The van der Waals surface area contributed by atoms with E-state index in [1.807, 2.05) is 0 Å². The number of nitrogens with one attached hydrogen (secondary N) is 2. The van der Waals surface area contributed by atoms with Gasteiger partial charge in [-0.2, -0.15) is 0 Å². The molecule has 0 aliphatic carbocycles. The van der Waals surface area contributed by atoms with Crippen molar-refractivity contribution in [2.75, 3.05) is 32.7 Å². The average molecular weight is 268 g/mol. The zero-order valence-corrected chi connectivity index (χ0v) is 13.0. The standard InChI is InChI=1S/C15H32N4/c1-4-10-17-15(16-5-2)18-11-8-13-19-12-7-6-9-14(19)3/h14H,4-13H2,1-3H3,(H2,16,17,18). The van der Waals surface area contributed by atoms with Gasteiger partial charge in [-0.1, -0.05) is 13.3 Å². The summed E-state index contributed by atoms with van der Waals surface area (Å²) in [6, 6.07) is 0.774. The zero-order valence-electron chi connectivity index (χ0n) is 13.0. The van der Waals surface area contributed by atoms with E-state index in [1.54, 1.807) is 0 Å². The fourth-order valence-electron chi connectivity index (χ4n) is 2.54. The fraction of sp³-hybridized carbons (Fsp3) is 0.933. The van der Waals surface area contributed by atoms with Crippen LogP contribution in [0, 0.1) is 0 Å². The van der Waals surface area contributed by atoms with Crippen molar-refractivity contribution in [3.8, 4) is 0 Å². The Balaban J connectivity index is 2.16. The predicted octanol–water partition coefficient (Wildman–Crippen LogP) is 2.22. The van der Waals surface area contributed by atoms with Crippen LogP contribution in [0.25, 0.3) is 0 Å². The number of aliphatic imine (C=N–C) groups is 1. The molecule has 0 bridgehead atoms. The molecule has 1 aliphatic heterocycles. The smallest absolute Gasteiger partial charge is 0.191 e. The molecule has 0 aromatic rings. The largest absolute Gasteiger partial charge is 0.357 e. The van der Waals surface area contributed by atoms with Crippen LogP contribution in [0.2, 0.25) is 0 Å². The number of piperidine rings is 1. The Labute approximate surface area is 119 Å². The van der Waals surface area contributed by atoms with Gasteiger partial charge in [-0.25, -0.2) is 0 Å². The van der Waals surface area contributed by atoms with E-state index >= 15 is 0 Å². The van der Waals surface area contributed by atoms with Crippen molar-refractivity contribution in [3.63, 3.8) is 0 Å². The van der Waals surface area contributed by atoms with E-state index in [0.29, 0.717) is 0 Å². The summed E-state index contributed by atoms with van der Waals surface area (Å²) in [7, 11) is 0. The Kier molecular flexibility index (Phi) is 8.63. The van der Waals surface area contributed by atoms with Gasteiger partial charge >= 0.3 is 0 Å². The van der Waals surface area contributed by atoms with Crippen LogP contribution in [-0.4, -0.2) is 49.6 Å². The molecule has 0 amide bonds. The van der Waals surface area contributed by atoms with Crippen molar-refractivity contribution in [2.45, 2.75) is 58.9 Å². The second-order valence-corrected chi connectivity index (χ2v) is 5.42. The monoisotopic (exact) mass is 268 g/mol. The average Bonchev–Trinajstić information content (AvgIpc) is 2.42. The van der Waals surface area contributed by atoms with Crippen LogP contribution in [0.1, 0.15) is 52.9 Å². The number of likely N-dealkylation sites (tertiary alicyclic amines) is 1. The van der Waals surface area contributed by atoms with Gasteiger partial charge in [-0.15, -0.1) is 0 Å². The van der Waals surface area contributed by atoms with Crippen molar-refractivity contribution in [1.29, 1.82) is 0 Å². The minimum atomic E-state index is 0.774. The van der Waals surface area contributed by atoms with Gasteiger partial charge in [0.05, 0.1) is 0 Å². The SMILES string of the molecule is CCCN=C(NCC)NCCCN1CCCCC1C. The highest BCUT2D eigenvalue weighted by Crippen LogP contribution is 2.15. The first-order valence-electron chi connectivity index (χ1n) is 8.04. The third kappa shape index (κ3) is 6.81. The van der Waals surface area contributed by atoms with E-state index in [9.17, 15) is 0 Å². The van der Waals surface area contributed by atoms with Crippen molar-refractivity contribution >= 4 is 5.96 Å². The van der Waals surface area contributed by atoms with Gasteiger partial charge in [0.2, 0.25) is 0 Å². The Hall–Kier alpha value is -0.770. The number of hydrogen-bond acceptors (Lipinski definition) is 2. The molecule has 0 aromatic carbocycles. The van der Waals surface area contributed by atoms with Crippen molar-refractivity contribution < 1.29 is 0 Å². The lowest BCUT2D eigenvalue weighted by Crippen LogP contribution is -2.41. The maximum atomic E-state index is 4.51. The predicted molar refractivity (Wildman–Crippen MR) is 83.8 cm³/mol. The van der Waals surface area contributed by atoms with Gasteiger partial charge in [0, 0.05) is 32.2 Å². The molecule has 1 atom stereocenters. The van der Waals surface area contributed by atoms with Crippen LogP contribution in [0.5, 0.6) is 0 Å². The van der Waals surface area contributed by atoms with Crippen molar-refractivity contribution in [2.24, 2.45) is 4.99 Å². The van der Waals surface area contributed by atoms with Crippen LogP contribution < -0.4 is 10.6 Å². The van der Waals surface area contributed by atoms with Crippen LogP contribution in [0.4, 0.5) is 0 Å². The molecule has 1 heterocycles. The summed E-state index contributed by atoms with van der Waals surface area (Å²) in [4.78, 5) is 7.14. The molecule has 2 N–H and O–H groups in total. The molecule has 1 saturated heterocycles. The Morgan fingerprint density at radius 3 is 2.79 bits per heavy atom. The lowest BCUT2D eigenvalue weighted by Gasteiger charge is -2.33. The molecule has 1 aliphatic rings. The van der Waals surface area contributed by atoms with Gasteiger partial charge in [0.25, 0.3) is 0 Å². The minimum absolute atomic E-state index is 0.774. The van der Waals surface area contributed by atoms with Crippen LogP contribution >= 0.6 is 0 Å². The molecule has 0 spiro atoms. The molecule has 1 unspecified atom stereocenters. The molecular formula is C15H32N4. The Morgan fingerprint density at radius 2 is 2.11 bits per heavy atom. The quantitative estimate of drug-likeness (QED) is 0.422. The van der Waals surface area contributed by atoms with Gasteiger partial charge < -0.3 is 15.5 Å². The fourth-order valence-corrected chi connectivity index (χ4v) is 2.54. The lowest BCUT2D eigenvalue weighted by atomic mass is 10.0. The molecule has 0 aromatic heterocycles. The molecule has 1 fully saturated rings. The van der Waals surface area contributed by atoms with Crippen molar-refractivity contribution in [1.82, 2.24) is 15.5 Å². The first-order chi connectivity index (χ1) is 9.27. The highest BCUT2D eigenvalue weighted by molar-refractivity contribution is 5.79. The van der Waals surface area contributed by atoms with Crippen LogP contribution in [0.3, 0.4) is 0 Å². The minimum Gasteiger partial charge on any atom is -0.357 e. The van der Waals surface area contributed by atoms with E-state index in [4.69, 9.17) is 0 Å². The van der Waals surface area contributed by atoms with Crippen molar-refractivity contribution in [3.05, 3.63) is 0 Å². The summed E-state index contributed by atoms with van der Waals surface area (Å²) in [6.45, 7) is 12.0. The second kappa shape index (κ2) is 10.1. The number of rotatable bonds is 7. The number of nitrogens with zero attached hydrogens (tertiary/aromatic N) is 2. The van der Waals surface area contributed by atoms with Gasteiger partial charge in [0.1, 0.15) is 0 Å². The number of guanidine groups is 1. The third-order valence-electron chi connectivity index (χ3n) is 3.69. The Morgan fingerprint density at radius 1 is 1.26 bits per heavy atom. The van der Waals surface area contributed by atoms with Gasteiger partial charge in [0.15, 0.2) is 5.96 Å². The van der Waals surface area contributed by atoms with E-state index in [1.165, 1.54) is 38.8 Å². The normalized spacial score (nSPS) is 21.4. The first-order valence-corrected chi connectivity index (χ1v) is 8.04. The maximum absolute atomic E-state index is 4.51. The topological polar surface area (TPSA) is 39.7 Å². The van der Waals surface area contributed by atoms with Gasteiger partial charge in [-0.3, -0.25) is 4.99 Å². The summed E-state index contributed by atoms with van der Waals surface area (Å²) in [6.07, 6.45) is 6.44. The molecule has 4 nitrogen and oxygen atoms in total. The first kappa shape index (κ1) is 16.3. The molecular weight excluding hydrogens is 236 g/mol. The van der Waals surface area contributed by atoms with Crippen LogP contribution in [0.15, 0.2) is 4.99 Å². The molecule has 4 heteroatoms. The molecule has 19 heavy (non-hydrogen) atoms. The summed E-state index contributed by atoms with van der Waals surface area (Å²) in [5.41, 5.74) is 0. The Bertz CT molecular complexity index is 253. The molecule has 0 saturated carbocycles. The van der Waals surface area contributed by atoms with E-state index in [-0.39, 0.29) is 0 Å².